The van der Waals surface area contributed by atoms with Crippen molar-refractivity contribution in [2.75, 3.05) is 11.9 Å². The third-order valence-corrected chi connectivity index (χ3v) is 6.18. The summed E-state index contributed by atoms with van der Waals surface area (Å²) in [6.45, 7) is 5.70. The van der Waals surface area contributed by atoms with Crippen LogP contribution in [0.2, 0.25) is 0 Å². The summed E-state index contributed by atoms with van der Waals surface area (Å²) in [7, 11) is 0. The number of nitrogens with one attached hydrogen (secondary N) is 2. The van der Waals surface area contributed by atoms with Gasteiger partial charge < -0.3 is 10.4 Å². The molecule has 1 atom stereocenters. The molecule has 9 heteroatoms. The summed E-state index contributed by atoms with van der Waals surface area (Å²) >= 11 is 1.20. The van der Waals surface area contributed by atoms with Crippen molar-refractivity contribution in [3.63, 3.8) is 0 Å². The van der Waals surface area contributed by atoms with E-state index in [0.717, 1.165) is 5.56 Å². The Balaban J connectivity index is 1.62. The van der Waals surface area contributed by atoms with E-state index in [2.05, 4.69) is 20.7 Å². The second kappa shape index (κ2) is 9.74. The lowest BCUT2D eigenvalue weighted by Crippen LogP contribution is -2.39. The molecule has 0 bridgehead atoms. The van der Waals surface area contributed by atoms with Crippen molar-refractivity contribution in [3.8, 4) is 0 Å². The van der Waals surface area contributed by atoms with Crippen molar-refractivity contribution in [3.05, 3.63) is 77.5 Å². The van der Waals surface area contributed by atoms with Gasteiger partial charge in [0, 0.05) is 5.56 Å². The van der Waals surface area contributed by atoms with Crippen molar-refractivity contribution >= 4 is 38.6 Å². The van der Waals surface area contributed by atoms with Gasteiger partial charge in [0.25, 0.3) is 11.8 Å². The first-order chi connectivity index (χ1) is 16.3. The summed E-state index contributed by atoms with van der Waals surface area (Å²) in [6, 6.07) is 18.1. The Morgan fingerprint density at radius 3 is 2.29 bits per heavy atom. The minimum absolute atomic E-state index is 0.204. The fourth-order valence-electron chi connectivity index (χ4n) is 3.54. The van der Waals surface area contributed by atoms with E-state index in [0.29, 0.717) is 27.5 Å². The Hall–Kier alpha value is -3.56. The van der Waals surface area contributed by atoms with Crippen LogP contribution in [-0.4, -0.2) is 44.3 Å². The fraction of sp³-hybridized carbons (Fsp3) is 0.280. The first kappa shape index (κ1) is 23.6. The maximum Gasteiger partial charge on any atom is 0.273 e. The van der Waals surface area contributed by atoms with Crippen molar-refractivity contribution in [2.24, 2.45) is 0 Å². The third kappa shape index (κ3) is 5.16. The van der Waals surface area contributed by atoms with Crippen LogP contribution < -0.4 is 10.6 Å². The number of carbonyl (C=O) groups is 2. The molecule has 4 rings (SSSR count). The predicted molar refractivity (Wildman–Crippen MR) is 133 cm³/mol. The molecule has 0 aliphatic rings. The molecular formula is C25H27N5O3S. The van der Waals surface area contributed by atoms with Crippen molar-refractivity contribution < 1.29 is 14.7 Å². The van der Waals surface area contributed by atoms with Crippen LogP contribution in [0, 0.1) is 0 Å². The summed E-state index contributed by atoms with van der Waals surface area (Å²) in [5.74, 6) is -0.672. The van der Waals surface area contributed by atoms with Crippen molar-refractivity contribution in [1.29, 1.82) is 0 Å². The van der Waals surface area contributed by atoms with Crippen molar-refractivity contribution in [1.82, 2.24) is 20.1 Å². The average Bonchev–Trinajstić information content (AvgIpc) is 3.38. The molecule has 0 aliphatic heterocycles. The molecular weight excluding hydrogens is 450 g/mol. The number of nitrogens with zero attached hydrogens (tertiary/aromatic N) is 3. The van der Waals surface area contributed by atoms with Gasteiger partial charge in [-0.1, -0.05) is 59.9 Å². The smallest absolute Gasteiger partial charge is 0.273 e. The highest BCUT2D eigenvalue weighted by atomic mass is 32.1. The fourth-order valence-corrected chi connectivity index (χ4v) is 4.47. The molecule has 2 amide bonds. The van der Waals surface area contributed by atoms with E-state index >= 15 is 0 Å². The van der Waals surface area contributed by atoms with Crippen molar-refractivity contribution in [2.45, 2.75) is 38.8 Å². The molecule has 3 N–H and O–H groups in total. The molecule has 34 heavy (non-hydrogen) atoms. The molecule has 2 heterocycles. The van der Waals surface area contributed by atoms with E-state index in [1.165, 1.54) is 11.3 Å². The lowest BCUT2D eigenvalue weighted by atomic mass is 10.1. The number of thiazole rings is 1. The van der Waals surface area contributed by atoms with Gasteiger partial charge in [-0.15, -0.1) is 0 Å². The lowest BCUT2D eigenvalue weighted by molar-refractivity contribution is 0.0911. The Kier molecular flexibility index (Phi) is 6.76. The third-order valence-electron chi connectivity index (χ3n) is 5.21. The largest absolute Gasteiger partial charge is 0.394 e. The first-order valence-electron chi connectivity index (χ1n) is 11.0. The molecule has 0 saturated carbocycles. The molecule has 0 unspecified atom stereocenters. The number of hydrogen-bond acceptors (Lipinski definition) is 6. The van der Waals surface area contributed by atoms with Gasteiger partial charge in [-0.3, -0.25) is 14.9 Å². The molecule has 0 aliphatic carbocycles. The lowest BCUT2D eigenvalue weighted by Gasteiger charge is -2.19. The molecule has 4 aromatic rings. The summed E-state index contributed by atoms with van der Waals surface area (Å²) in [4.78, 5) is 30.4. The zero-order chi connectivity index (χ0) is 24.3. The average molecular weight is 478 g/mol. The van der Waals surface area contributed by atoms with E-state index in [1.807, 2.05) is 57.2 Å². The van der Waals surface area contributed by atoms with Crippen LogP contribution in [0.1, 0.15) is 47.2 Å². The van der Waals surface area contributed by atoms with Gasteiger partial charge in [-0.2, -0.15) is 10.1 Å². The van der Waals surface area contributed by atoms with E-state index in [9.17, 15) is 14.7 Å². The van der Waals surface area contributed by atoms with Gasteiger partial charge in [0.05, 0.1) is 18.2 Å². The summed E-state index contributed by atoms with van der Waals surface area (Å²) in [6.07, 6.45) is 0.493. The Morgan fingerprint density at radius 1 is 1.03 bits per heavy atom. The molecule has 0 spiro atoms. The highest BCUT2D eigenvalue weighted by Crippen LogP contribution is 2.32. The minimum Gasteiger partial charge on any atom is -0.394 e. The number of aliphatic hydroxyl groups excluding tert-OH is 1. The van der Waals surface area contributed by atoms with Gasteiger partial charge in [-0.25, -0.2) is 4.68 Å². The Bertz CT molecular complexity index is 1290. The molecule has 8 nitrogen and oxygen atoms in total. The molecule has 0 fully saturated rings. The number of anilines is 1. The highest BCUT2D eigenvalue weighted by molar-refractivity contribution is 7.22. The number of benzene rings is 2. The Morgan fingerprint density at radius 2 is 1.68 bits per heavy atom. The summed E-state index contributed by atoms with van der Waals surface area (Å²) < 4.78 is 2.27. The van der Waals surface area contributed by atoms with Crippen LogP contribution >= 0.6 is 11.3 Å². The van der Waals surface area contributed by atoms with E-state index in [4.69, 9.17) is 0 Å². The highest BCUT2D eigenvalue weighted by Gasteiger charge is 2.28. The SMILES string of the molecule is CC(C)(C)n1nc(C(=O)N[C@H](CO)Cc2ccccc2)c2sc(NC(=O)c3ccccc3)nc21. The Labute approximate surface area is 201 Å². The van der Waals surface area contributed by atoms with Gasteiger partial charge >= 0.3 is 0 Å². The van der Waals surface area contributed by atoms with Gasteiger partial charge in [-0.05, 0) is 44.9 Å². The van der Waals surface area contributed by atoms with Gasteiger partial charge in [0.1, 0.15) is 4.70 Å². The zero-order valence-electron chi connectivity index (χ0n) is 19.3. The number of amides is 2. The predicted octanol–water partition coefficient (Wildman–Crippen LogP) is 3.83. The standard InChI is InChI=1S/C25H27N5O3S/c1-25(2,3)30-21-20(34-24(27-21)28-22(32)17-12-8-5-9-13-17)19(29-30)23(33)26-18(15-31)14-16-10-6-4-7-11-16/h4-13,18,31H,14-15H2,1-3H3,(H,26,33)(H,27,28,32)/t18-/m0/s1. The molecule has 0 radical (unpaired) electrons. The second-order valence-electron chi connectivity index (χ2n) is 8.97. The second-order valence-corrected chi connectivity index (χ2v) is 9.96. The maximum absolute atomic E-state index is 13.2. The number of hydrogen-bond donors (Lipinski definition) is 3. The number of aliphatic hydroxyl groups is 1. The van der Waals surface area contributed by atoms with Crippen LogP contribution in [0.4, 0.5) is 5.13 Å². The topological polar surface area (TPSA) is 109 Å². The quantitative estimate of drug-likeness (QED) is 0.375. The van der Waals surface area contributed by atoms with Crippen LogP contribution in [0.25, 0.3) is 10.3 Å². The van der Waals surface area contributed by atoms with Crippen LogP contribution in [0.3, 0.4) is 0 Å². The van der Waals surface area contributed by atoms with Gasteiger partial charge in [0.2, 0.25) is 0 Å². The summed E-state index contributed by atoms with van der Waals surface area (Å²) in [5, 5.41) is 20.5. The normalized spacial score (nSPS) is 12.5. The zero-order valence-corrected chi connectivity index (χ0v) is 20.1. The van der Waals surface area contributed by atoms with Gasteiger partial charge in [0.15, 0.2) is 16.5 Å². The molecule has 176 valence electrons. The maximum atomic E-state index is 13.2. The number of fused-ring (bicyclic) bond motifs is 1. The van der Waals surface area contributed by atoms with Crippen LogP contribution in [0.5, 0.6) is 0 Å². The monoisotopic (exact) mass is 477 g/mol. The van der Waals surface area contributed by atoms with E-state index in [1.54, 1.807) is 28.9 Å². The first-order valence-corrected chi connectivity index (χ1v) is 11.8. The molecule has 2 aromatic heterocycles. The molecule has 2 aromatic carbocycles. The number of carbonyl (C=O) groups excluding carboxylic acids is 2. The minimum atomic E-state index is -0.463. The van der Waals surface area contributed by atoms with E-state index in [-0.39, 0.29) is 18.2 Å². The van der Waals surface area contributed by atoms with Crippen LogP contribution in [0.15, 0.2) is 60.7 Å². The van der Waals surface area contributed by atoms with Crippen LogP contribution in [-0.2, 0) is 12.0 Å². The number of rotatable bonds is 7. The molecule has 0 saturated heterocycles. The summed E-state index contributed by atoms with van der Waals surface area (Å²) in [5.41, 5.74) is 1.83. The number of aromatic nitrogens is 3. The van der Waals surface area contributed by atoms with E-state index < -0.39 is 17.5 Å².